The zero-order chi connectivity index (χ0) is 29.8. The second-order valence-electron chi connectivity index (χ2n) is 8.68. The quantitative estimate of drug-likeness (QED) is 0.142. The van der Waals surface area contributed by atoms with Crippen molar-refractivity contribution in [2.75, 3.05) is 0 Å². The largest absolute Gasteiger partial charge is 3.00 e. The summed E-state index contributed by atoms with van der Waals surface area (Å²) >= 11 is 0. The summed E-state index contributed by atoms with van der Waals surface area (Å²) in [4.78, 5) is 16.0. The van der Waals surface area contributed by atoms with Gasteiger partial charge >= 0.3 is 19.5 Å². The van der Waals surface area contributed by atoms with E-state index in [1.807, 2.05) is 13.6 Å². The van der Waals surface area contributed by atoms with E-state index in [1.165, 1.54) is 31.8 Å². The van der Waals surface area contributed by atoms with Gasteiger partial charge in [0, 0.05) is 0 Å². The SMILES string of the molecule is C=O.C=O.[H-].[H-].[H-].[Rh+3].c1ccc(P(c2ccccc2)c2ccccc2)cc1.c1ccc(P(c2ccccc2)c2ccccc2)cc1. The van der Waals surface area contributed by atoms with Crippen molar-refractivity contribution in [3.05, 3.63) is 182 Å². The molecule has 0 radical (unpaired) electrons. The van der Waals surface area contributed by atoms with Gasteiger partial charge in [-0.3, -0.25) is 0 Å². The van der Waals surface area contributed by atoms with Crippen molar-refractivity contribution in [2.24, 2.45) is 0 Å². The Balaban J connectivity index is 0. The number of hydrogen-bond donors (Lipinski definition) is 0. The van der Waals surface area contributed by atoms with E-state index in [2.05, 4.69) is 182 Å². The van der Waals surface area contributed by atoms with E-state index in [1.54, 1.807) is 0 Å². The van der Waals surface area contributed by atoms with Crippen LogP contribution in [0.25, 0.3) is 0 Å². The maximum absolute atomic E-state index is 8.00. The molecule has 0 aromatic heterocycles. The van der Waals surface area contributed by atoms with Crippen molar-refractivity contribution in [1.29, 1.82) is 0 Å². The Kier molecular flexibility index (Phi) is 17.2. The van der Waals surface area contributed by atoms with Gasteiger partial charge in [0.1, 0.15) is 13.6 Å². The summed E-state index contributed by atoms with van der Waals surface area (Å²) in [5, 5.41) is 8.39. The van der Waals surface area contributed by atoms with Gasteiger partial charge in [-0.1, -0.05) is 182 Å². The van der Waals surface area contributed by atoms with Crippen LogP contribution >= 0.6 is 15.8 Å². The minimum Gasteiger partial charge on any atom is -1.00 e. The molecule has 5 heteroatoms. The van der Waals surface area contributed by atoms with Crippen LogP contribution in [0, 0.1) is 0 Å². The normalized spacial score (nSPS) is 9.53. The third-order valence-electron chi connectivity index (χ3n) is 6.09. The van der Waals surface area contributed by atoms with Crippen LogP contribution < -0.4 is 31.8 Å². The summed E-state index contributed by atoms with van der Waals surface area (Å²) in [5.74, 6) is 0. The molecule has 0 atom stereocenters. The summed E-state index contributed by atoms with van der Waals surface area (Å²) < 4.78 is 0. The molecule has 0 bridgehead atoms. The van der Waals surface area contributed by atoms with Crippen LogP contribution in [0.15, 0.2) is 182 Å². The van der Waals surface area contributed by atoms with Gasteiger partial charge in [-0.15, -0.1) is 0 Å². The first-order chi connectivity index (χ1) is 20.9. The molecule has 0 aliphatic rings. The van der Waals surface area contributed by atoms with E-state index in [4.69, 9.17) is 9.59 Å². The van der Waals surface area contributed by atoms with Gasteiger partial charge in [0.15, 0.2) is 0 Å². The summed E-state index contributed by atoms with van der Waals surface area (Å²) in [6.07, 6.45) is 0. The number of carbonyl (C=O) groups excluding carboxylic acids is 2. The molecule has 0 N–H and O–H groups in total. The van der Waals surface area contributed by atoms with Gasteiger partial charge in [0.25, 0.3) is 0 Å². The zero-order valence-corrected chi connectivity index (χ0v) is 27.2. The van der Waals surface area contributed by atoms with E-state index in [9.17, 15) is 0 Å². The van der Waals surface area contributed by atoms with Crippen LogP contribution in [-0.4, -0.2) is 13.6 Å². The molecule has 43 heavy (non-hydrogen) atoms. The minimum absolute atomic E-state index is 0. The second kappa shape index (κ2) is 20.9. The molecule has 0 aliphatic carbocycles. The van der Waals surface area contributed by atoms with Gasteiger partial charge in [-0.05, 0) is 47.7 Å². The molecule has 0 unspecified atom stereocenters. The maximum Gasteiger partial charge on any atom is 3.00 e. The average molecular weight is 691 g/mol. The Hall–Kier alpha value is -3.86. The molecule has 0 aliphatic heterocycles. The molecule has 6 rings (SSSR count). The fraction of sp³-hybridized carbons (Fsp3) is 0. The van der Waals surface area contributed by atoms with Gasteiger partial charge in [0.05, 0.1) is 0 Å². The number of carbonyl (C=O) groups is 2. The van der Waals surface area contributed by atoms with Crippen LogP contribution in [-0.2, 0) is 29.1 Å². The van der Waals surface area contributed by atoms with E-state index in [-0.39, 0.29) is 23.8 Å². The number of benzene rings is 6. The first kappa shape index (κ1) is 35.3. The van der Waals surface area contributed by atoms with E-state index < -0.39 is 15.8 Å². The molecule has 220 valence electrons. The van der Waals surface area contributed by atoms with Gasteiger partial charge in [-0.25, -0.2) is 0 Å². The molecule has 0 amide bonds. The molecule has 0 spiro atoms. The summed E-state index contributed by atoms with van der Waals surface area (Å²) in [6.45, 7) is 4.00. The molecule has 0 heterocycles. The molecule has 6 aromatic rings. The standard InChI is InChI=1S/2C18H15P.2CH2O.Rh.3H/c2*1-4-10-16(11-5-1)19(17-12-6-2-7-13-17)18-14-8-3-9-15-18;2*1-2;;;;/h2*1-15H;2*1H2;;;;/q;;;;+3;3*-1. The third kappa shape index (κ3) is 10.7. The van der Waals surface area contributed by atoms with Gasteiger partial charge in [0.2, 0.25) is 0 Å². The Morgan fingerprint density at radius 2 is 0.395 bits per heavy atom. The minimum atomic E-state index is -0.446. The molecule has 0 saturated carbocycles. The van der Waals surface area contributed by atoms with Crippen LogP contribution in [0.2, 0.25) is 0 Å². The van der Waals surface area contributed by atoms with E-state index in [0.717, 1.165) is 0 Å². The summed E-state index contributed by atoms with van der Waals surface area (Å²) in [5.41, 5.74) is 0. The number of rotatable bonds is 6. The number of hydrogen-bond acceptors (Lipinski definition) is 2. The van der Waals surface area contributed by atoms with Crippen molar-refractivity contribution in [3.63, 3.8) is 0 Å². The van der Waals surface area contributed by atoms with Gasteiger partial charge < -0.3 is 13.9 Å². The van der Waals surface area contributed by atoms with Crippen molar-refractivity contribution in [3.8, 4) is 0 Å². The second-order valence-corrected chi connectivity index (χ2v) is 13.1. The average Bonchev–Trinajstić information content (AvgIpc) is 3.10. The fourth-order valence-electron chi connectivity index (χ4n) is 4.36. The zero-order valence-electron chi connectivity index (χ0n) is 26.8. The molecule has 2 nitrogen and oxygen atoms in total. The van der Waals surface area contributed by atoms with E-state index in [0.29, 0.717) is 0 Å². The molecular weight excluding hydrogens is 653 g/mol. The maximum atomic E-state index is 8.00. The van der Waals surface area contributed by atoms with Crippen LogP contribution in [0.1, 0.15) is 4.28 Å². The summed E-state index contributed by atoms with van der Waals surface area (Å²) in [6, 6.07) is 64.7. The third-order valence-corrected chi connectivity index (χ3v) is 11.0. The van der Waals surface area contributed by atoms with Crippen LogP contribution in [0.4, 0.5) is 0 Å². The molecule has 0 saturated heterocycles. The Morgan fingerprint density at radius 3 is 0.512 bits per heavy atom. The van der Waals surface area contributed by atoms with Crippen LogP contribution in [0.5, 0.6) is 0 Å². The molecular formula is C38H37O2P2Rh. The Morgan fingerprint density at radius 1 is 0.279 bits per heavy atom. The van der Waals surface area contributed by atoms with Crippen molar-refractivity contribution < 1.29 is 33.3 Å². The summed E-state index contributed by atoms with van der Waals surface area (Å²) in [7, 11) is -0.892. The molecule has 6 aromatic carbocycles. The van der Waals surface area contributed by atoms with Crippen LogP contribution in [0.3, 0.4) is 0 Å². The van der Waals surface area contributed by atoms with E-state index >= 15 is 0 Å². The smallest absolute Gasteiger partial charge is 1.00 e. The van der Waals surface area contributed by atoms with Crippen molar-refractivity contribution >= 4 is 61.2 Å². The van der Waals surface area contributed by atoms with Gasteiger partial charge in [-0.2, -0.15) is 0 Å². The predicted octanol–water partition coefficient (Wildman–Crippen LogP) is 6.85. The van der Waals surface area contributed by atoms with Crippen molar-refractivity contribution in [1.82, 2.24) is 0 Å². The first-order valence-corrected chi connectivity index (χ1v) is 16.1. The Labute approximate surface area is 275 Å². The topological polar surface area (TPSA) is 34.1 Å². The van der Waals surface area contributed by atoms with Crippen molar-refractivity contribution in [2.45, 2.75) is 0 Å². The fourth-order valence-corrected chi connectivity index (χ4v) is 8.97. The monoisotopic (exact) mass is 690 g/mol. The Bertz CT molecular complexity index is 1230. The predicted molar refractivity (Wildman–Crippen MR) is 188 cm³/mol. The first-order valence-electron chi connectivity index (χ1n) is 13.4. The molecule has 0 fully saturated rings.